The summed E-state index contributed by atoms with van der Waals surface area (Å²) in [6.45, 7) is 1.51. The number of ether oxygens (including phenoxy) is 1. The first-order chi connectivity index (χ1) is 14.5. The molecule has 1 heterocycles. The number of carbonyl (C=O) groups is 2. The standard InChI is InChI=1S/C24H18FNO4/c1-15-10-12-16(13-11-15)23(28)24-22(17-6-2-4-8-19(17)30-24)26-21(27)14-29-20-9-5-3-7-18(20)25/h2-13H,14H2,1H3,(H,26,27). The largest absolute Gasteiger partial charge is 0.481 e. The molecule has 3 aromatic carbocycles. The molecule has 0 bridgehead atoms. The summed E-state index contributed by atoms with van der Waals surface area (Å²) in [5, 5.41) is 3.27. The van der Waals surface area contributed by atoms with E-state index in [0.717, 1.165) is 5.56 Å². The number of halogens is 1. The molecule has 0 saturated carbocycles. The predicted octanol–water partition coefficient (Wildman–Crippen LogP) is 5.13. The highest BCUT2D eigenvalue weighted by atomic mass is 19.1. The van der Waals surface area contributed by atoms with E-state index in [9.17, 15) is 14.0 Å². The fourth-order valence-corrected chi connectivity index (χ4v) is 3.05. The minimum absolute atomic E-state index is 0.0271. The topological polar surface area (TPSA) is 68.5 Å². The molecule has 1 aromatic heterocycles. The molecule has 0 saturated heterocycles. The number of rotatable bonds is 6. The number of hydrogen-bond acceptors (Lipinski definition) is 4. The number of hydrogen-bond donors (Lipinski definition) is 1. The maximum absolute atomic E-state index is 13.7. The Hall–Kier alpha value is -3.93. The zero-order chi connectivity index (χ0) is 21.1. The molecule has 0 atom stereocenters. The van der Waals surface area contributed by atoms with Gasteiger partial charge < -0.3 is 14.5 Å². The van der Waals surface area contributed by atoms with Crippen LogP contribution in [0.4, 0.5) is 10.1 Å². The summed E-state index contributed by atoms with van der Waals surface area (Å²) in [6, 6.07) is 19.9. The first kappa shape index (κ1) is 19.4. The van der Waals surface area contributed by atoms with Crippen LogP contribution in [-0.4, -0.2) is 18.3 Å². The van der Waals surface area contributed by atoms with Crippen LogP contribution in [0.3, 0.4) is 0 Å². The van der Waals surface area contributed by atoms with Crippen LogP contribution in [-0.2, 0) is 4.79 Å². The van der Waals surface area contributed by atoms with E-state index in [1.807, 2.05) is 19.1 Å². The van der Waals surface area contributed by atoms with Gasteiger partial charge in [0.1, 0.15) is 5.58 Å². The van der Waals surface area contributed by atoms with Gasteiger partial charge in [0.25, 0.3) is 5.91 Å². The monoisotopic (exact) mass is 403 g/mol. The average molecular weight is 403 g/mol. The van der Waals surface area contributed by atoms with Crippen LogP contribution in [0.25, 0.3) is 11.0 Å². The van der Waals surface area contributed by atoms with Crippen molar-refractivity contribution in [3.8, 4) is 5.75 Å². The average Bonchev–Trinajstić information content (AvgIpc) is 3.11. The van der Waals surface area contributed by atoms with Gasteiger partial charge in [-0.05, 0) is 31.2 Å². The van der Waals surface area contributed by atoms with Crippen molar-refractivity contribution < 1.29 is 23.1 Å². The smallest absolute Gasteiger partial charge is 0.262 e. The highest BCUT2D eigenvalue weighted by molar-refractivity contribution is 6.17. The molecule has 0 aliphatic rings. The van der Waals surface area contributed by atoms with E-state index >= 15 is 0 Å². The maximum atomic E-state index is 13.7. The van der Waals surface area contributed by atoms with E-state index in [1.165, 1.54) is 18.2 Å². The maximum Gasteiger partial charge on any atom is 0.262 e. The van der Waals surface area contributed by atoms with Gasteiger partial charge in [-0.15, -0.1) is 0 Å². The first-order valence-corrected chi connectivity index (χ1v) is 9.33. The minimum atomic E-state index is -0.561. The molecular weight excluding hydrogens is 385 g/mol. The van der Waals surface area contributed by atoms with Crippen molar-refractivity contribution in [3.05, 3.63) is 95.5 Å². The van der Waals surface area contributed by atoms with E-state index in [-0.39, 0.29) is 23.0 Å². The van der Waals surface area contributed by atoms with Crippen LogP contribution in [0, 0.1) is 12.7 Å². The zero-order valence-corrected chi connectivity index (χ0v) is 16.1. The molecule has 1 amide bonds. The molecule has 6 heteroatoms. The normalized spacial score (nSPS) is 10.7. The molecule has 4 rings (SSSR count). The SMILES string of the molecule is Cc1ccc(C(=O)c2oc3ccccc3c2NC(=O)COc2ccccc2F)cc1. The third-order valence-electron chi connectivity index (χ3n) is 4.58. The zero-order valence-electron chi connectivity index (χ0n) is 16.1. The second-order valence-corrected chi connectivity index (χ2v) is 6.76. The number of aryl methyl sites for hydroxylation is 1. The number of ketones is 1. The Morgan fingerprint density at radius 2 is 1.67 bits per heavy atom. The Labute approximate surface area is 172 Å². The number of para-hydroxylation sites is 2. The van der Waals surface area contributed by atoms with Crippen molar-refractivity contribution in [2.45, 2.75) is 6.92 Å². The number of amides is 1. The Morgan fingerprint density at radius 3 is 2.43 bits per heavy atom. The lowest BCUT2D eigenvalue weighted by Gasteiger charge is -2.08. The van der Waals surface area contributed by atoms with Crippen molar-refractivity contribution in [3.63, 3.8) is 0 Å². The van der Waals surface area contributed by atoms with E-state index in [0.29, 0.717) is 16.5 Å². The van der Waals surface area contributed by atoms with E-state index in [4.69, 9.17) is 9.15 Å². The third kappa shape index (κ3) is 3.93. The van der Waals surface area contributed by atoms with Gasteiger partial charge in [0.15, 0.2) is 23.9 Å². The van der Waals surface area contributed by atoms with Gasteiger partial charge in [0.2, 0.25) is 5.78 Å². The molecule has 0 radical (unpaired) electrons. The quantitative estimate of drug-likeness (QED) is 0.453. The van der Waals surface area contributed by atoms with Crippen molar-refractivity contribution in [1.82, 2.24) is 0 Å². The molecule has 0 spiro atoms. The van der Waals surface area contributed by atoms with Gasteiger partial charge >= 0.3 is 0 Å². The van der Waals surface area contributed by atoms with Crippen LogP contribution < -0.4 is 10.1 Å². The molecular formula is C24H18FNO4. The fourth-order valence-electron chi connectivity index (χ4n) is 3.05. The van der Waals surface area contributed by atoms with Crippen LogP contribution in [0.1, 0.15) is 21.7 Å². The molecule has 30 heavy (non-hydrogen) atoms. The lowest BCUT2D eigenvalue weighted by molar-refractivity contribution is -0.118. The number of carbonyl (C=O) groups excluding carboxylic acids is 2. The highest BCUT2D eigenvalue weighted by Crippen LogP contribution is 2.32. The minimum Gasteiger partial charge on any atom is -0.481 e. The number of benzene rings is 3. The summed E-state index contributed by atoms with van der Waals surface area (Å²) in [4.78, 5) is 25.5. The Bertz CT molecular complexity index is 1230. The van der Waals surface area contributed by atoms with Crippen LogP contribution >= 0.6 is 0 Å². The summed E-state index contributed by atoms with van der Waals surface area (Å²) in [5.74, 6) is -1.45. The summed E-state index contributed by atoms with van der Waals surface area (Å²) in [5.41, 5.74) is 2.20. The summed E-state index contributed by atoms with van der Waals surface area (Å²) >= 11 is 0. The van der Waals surface area contributed by atoms with E-state index in [1.54, 1.807) is 42.5 Å². The summed E-state index contributed by atoms with van der Waals surface area (Å²) in [6.07, 6.45) is 0. The lowest BCUT2D eigenvalue weighted by atomic mass is 10.1. The van der Waals surface area contributed by atoms with E-state index < -0.39 is 18.3 Å². The molecule has 4 aromatic rings. The van der Waals surface area contributed by atoms with Crippen molar-refractivity contribution in [2.75, 3.05) is 11.9 Å². The van der Waals surface area contributed by atoms with Crippen LogP contribution in [0.2, 0.25) is 0 Å². The van der Waals surface area contributed by atoms with Gasteiger partial charge in [0, 0.05) is 10.9 Å². The number of furan rings is 1. The molecule has 5 nitrogen and oxygen atoms in total. The Morgan fingerprint density at radius 1 is 0.967 bits per heavy atom. The molecule has 1 N–H and O–H groups in total. The first-order valence-electron chi connectivity index (χ1n) is 9.33. The van der Waals surface area contributed by atoms with Gasteiger partial charge in [-0.3, -0.25) is 9.59 Å². The summed E-state index contributed by atoms with van der Waals surface area (Å²) in [7, 11) is 0. The van der Waals surface area contributed by atoms with Gasteiger partial charge in [0.05, 0.1) is 5.69 Å². The fraction of sp³-hybridized carbons (Fsp3) is 0.0833. The molecule has 0 unspecified atom stereocenters. The molecule has 0 aliphatic heterocycles. The summed E-state index contributed by atoms with van der Waals surface area (Å²) < 4.78 is 24.7. The van der Waals surface area contributed by atoms with Crippen molar-refractivity contribution in [1.29, 1.82) is 0 Å². The van der Waals surface area contributed by atoms with Crippen LogP contribution in [0.5, 0.6) is 5.75 Å². The number of anilines is 1. The van der Waals surface area contributed by atoms with Gasteiger partial charge in [-0.1, -0.05) is 54.1 Å². The number of nitrogens with one attached hydrogen (secondary N) is 1. The molecule has 0 aliphatic carbocycles. The Kier molecular flexibility index (Phi) is 5.30. The second-order valence-electron chi connectivity index (χ2n) is 6.76. The van der Waals surface area contributed by atoms with Crippen LogP contribution in [0.15, 0.2) is 77.2 Å². The molecule has 0 fully saturated rings. The Balaban J connectivity index is 1.61. The van der Waals surface area contributed by atoms with E-state index in [2.05, 4.69) is 5.32 Å². The van der Waals surface area contributed by atoms with Crippen molar-refractivity contribution >= 4 is 28.3 Å². The predicted molar refractivity (Wildman–Crippen MR) is 111 cm³/mol. The molecule has 150 valence electrons. The second kappa shape index (κ2) is 8.21. The highest BCUT2D eigenvalue weighted by Gasteiger charge is 2.23. The third-order valence-corrected chi connectivity index (χ3v) is 4.58. The van der Waals surface area contributed by atoms with Gasteiger partial charge in [-0.25, -0.2) is 4.39 Å². The van der Waals surface area contributed by atoms with Gasteiger partial charge in [-0.2, -0.15) is 0 Å². The van der Waals surface area contributed by atoms with Crippen molar-refractivity contribution in [2.24, 2.45) is 0 Å². The number of fused-ring (bicyclic) bond motifs is 1. The lowest BCUT2D eigenvalue weighted by Crippen LogP contribution is -2.21.